The van der Waals surface area contributed by atoms with E-state index in [0.717, 1.165) is 6.08 Å². The van der Waals surface area contributed by atoms with Crippen molar-refractivity contribution in [2.45, 2.75) is 38.7 Å². The number of alkyl halides is 1. The molecule has 0 aliphatic rings. The number of rotatable bonds is 5. The van der Waals surface area contributed by atoms with E-state index in [1.165, 1.54) is 13.0 Å². The van der Waals surface area contributed by atoms with Crippen LogP contribution in [0, 0.1) is 0 Å². The van der Waals surface area contributed by atoms with Crippen molar-refractivity contribution in [3.63, 3.8) is 0 Å². The maximum atomic E-state index is 14.2. The van der Waals surface area contributed by atoms with Crippen LogP contribution in [0.1, 0.15) is 27.7 Å². The summed E-state index contributed by atoms with van der Waals surface area (Å²) in [6, 6.07) is -0.352. The molecule has 0 bridgehead atoms. The Kier molecular flexibility index (Phi) is 4.67. The summed E-state index contributed by atoms with van der Waals surface area (Å²) >= 11 is 0. The van der Waals surface area contributed by atoms with Crippen molar-refractivity contribution in [3.05, 3.63) is 24.3 Å². The van der Waals surface area contributed by atoms with Crippen LogP contribution in [0.3, 0.4) is 0 Å². The molecule has 0 heterocycles. The molecule has 0 amide bonds. The van der Waals surface area contributed by atoms with E-state index in [2.05, 4.69) is 11.3 Å². The number of allylic oxidation sites excluding steroid dienone is 1. The van der Waals surface area contributed by atoms with Gasteiger partial charge in [-0.05, 0) is 39.3 Å². The molecular weight excluding hydrogens is 217 g/mol. The second kappa shape index (κ2) is 4.90. The fourth-order valence-corrected chi connectivity index (χ4v) is 2.64. The summed E-state index contributed by atoms with van der Waals surface area (Å²) in [5.41, 5.74) is -0.0613. The van der Waals surface area contributed by atoms with Crippen LogP contribution in [0.2, 0.25) is 0 Å². The molecular formula is C10H18FNO2S. The zero-order valence-electron chi connectivity index (χ0n) is 9.54. The third kappa shape index (κ3) is 3.14. The van der Waals surface area contributed by atoms with Crippen molar-refractivity contribution in [2.24, 2.45) is 0 Å². The standard InChI is InChI=1S/C10H18FNO2S/c1-6-7-10(11,8(2)3)15(13,14)12-9(4)5/h6-7,9,12H,2H2,1,3-5H3/b7-6+. The minimum Gasteiger partial charge on any atom is -0.215 e. The fourth-order valence-electron chi connectivity index (χ4n) is 1.07. The van der Waals surface area contributed by atoms with Gasteiger partial charge in [-0.2, -0.15) is 0 Å². The average molecular weight is 235 g/mol. The molecule has 0 radical (unpaired) electrons. The zero-order valence-corrected chi connectivity index (χ0v) is 10.4. The Hall–Kier alpha value is -0.680. The molecule has 1 unspecified atom stereocenters. The van der Waals surface area contributed by atoms with Crippen molar-refractivity contribution in [1.29, 1.82) is 0 Å². The molecule has 1 atom stereocenters. The van der Waals surface area contributed by atoms with Crippen molar-refractivity contribution in [1.82, 2.24) is 4.72 Å². The normalized spacial score (nSPS) is 16.9. The molecule has 0 aromatic carbocycles. The fraction of sp³-hybridized carbons (Fsp3) is 0.600. The lowest BCUT2D eigenvalue weighted by Gasteiger charge is -2.23. The summed E-state index contributed by atoms with van der Waals surface area (Å²) in [6.07, 6.45) is 2.34. The Balaban J connectivity index is 5.37. The van der Waals surface area contributed by atoms with Crippen LogP contribution in [0.4, 0.5) is 4.39 Å². The summed E-state index contributed by atoms with van der Waals surface area (Å²) in [7, 11) is -4.09. The monoisotopic (exact) mass is 235 g/mol. The lowest BCUT2D eigenvalue weighted by atomic mass is 10.2. The Bertz CT molecular complexity index is 360. The highest BCUT2D eigenvalue weighted by Gasteiger charge is 2.42. The molecule has 15 heavy (non-hydrogen) atoms. The van der Waals surface area contributed by atoms with Gasteiger partial charge in [-0.1, -0.05) is 12.7 Å². The zero-order chi connectivity index (χ0) is 12.3. The first kappa shape index (κ1) is 14.3. The van der Waals surface area contributed by atoms with E-state index in [4.69, 9.17) is 0 Å². The van der Waals surface area contributed by atoms with Crippen LogP contribution in [0.5, 0.6) is 0 Å². The molecule has 0 aromatic rings. The molecule has 0 saturated heterocycles. The van der Waals surface area contributed by atoms with Gasteiger partial charge in [0.1, 0.15) is 0 Å². The molecule has 0 saturated carbocycles. The van der Waals surface area contributed by atoms with Gasteiger partial charge < -0.3 is 0 Å². The third-order valence-electron chi connectivity index (χ3n) is 1.74. The predicted octanol–water partition coefficient (Wildman–Crippen LogP) is 2.13. The molecule has 1 N–H and O–H groups in total. The SMILES string of the molecule is C=C(C)C(F)(/C=C/C)S(=O)(=O)NC(C)C. The van der Waals surface area contributed by atoms with Gasteiger partial charge in [0.05, 0.1) is 0 Å². The van der Waals surface area contributed by atoms with Crippen LogP contribution in [-0.4, -0.2) is 19.5 Å². The highest BCUT2D eigenvalue weighted by Crippen LogP contribution is 2.28. The Labute approximate surface area is 91.1 Å². The quantitative estimate of drug-likeness (QED) is 0.742. The topological polar surface area (TPSA) is 46.2 Å². The largest absolute Gasteiger partial charge is 0.263 e. The van der Waals surface area contributed by atoms with Crippen molar-refractivity contribution in [3.8, 4) is 0 Å². The molecule has 5 heteroatoms. The summed E-state index contributed by atoms with van der Waals surface area (Å²) < 4.78 is 39.8. The molecule has 88 valence electrons. The highest BCUT2D eigenvalue weighted by molar-refractivity contribution is 7.91. The highest BCUT2D eigenvalue weighted by atomic mass is 32.2. The molecule has 0 aliphatic heterocycles. The summed E-state index contributed by atoms with van der Waals surface area (Å²) in [6.45, 7) is 9.54. The lowest BCUT2D eigenvalue weighted by Crippen LogP contribution is -2.44. The van der Waals surface area contributed by atoms with Gasteiger partial charge in [0.25, 0.3) is 15.0 Å². The number of hydrogen-bond donors (Lipinski definition) is 1. The minimum absolute atomic E-state index is 0.0613. The minimum atomic E-state index is -4.09. The number of sulfonamides is 1. The maximum Gasteiger partial charge on any atom is 0.263 e. The van der Waals surface area contributed by atoms with Gasteiger partial charge in [-0.25, -0.2) is 17.5 Å². The van der Waals surface area contributed by atoms with Crippen LogP contribution < -0.4 is 4.72 Å². The summed E-state index contributed by atoms with van der Waals surface area (Å²) in [5.74, 6) is 0. The Morgan fingerprint density at radius 1 is 1.53 bits per heavy atom. The lowest BCUT2D eigenvalue weighted by molar-refractivity contribution is 0.369. The van der Waals surface area contributed by atoms with Crippen LogP contribution in [0.15, 0.2) is 24.3 Å². The van der Waals surface area contributed by atoms with E-state index >= 15 is 0 Å². The van der Waals surface area contributed by atoms with E-state index in [9.17, 15) is 12.8 Å². The third-order valence-corrected chi connectivity index (χ3v) is 3.79. The van der Waals surface area contributed by atoms with E-state index in [0.29, 0.717) is 0 Å². The molecule has 0 fully saturated rings. The first-order chi connectivity index (χ1) is 6.67. The van der Waals surface area contributed by atoms with Gasteiger partial charge in [0.15, 0.2) is 0 Å². The second-order valence-corrected chi connectivity index (χ2v) is 5.54. The average Bonchev–Trinajstić information content (AvgIpc) is 2.01. The van der Waals surface area contributed by atoms with E-state index < -0.39 is 15.0 Å². The first-order valence-electron chi connectivity index (χ1n) is 4.68. The predicted molar refractivity (Wildman–Crippen MR) is 60.7 cm³/mol. The molecule has 0 spiro atoms. The van der Waals surface area contributed by atoms with Gasteiger partial charge in [-0.3, -0.25) is 0 Å². The Morgan fingerprint density at radius 2 is 2.00 bits per heavy atom. The summed E-state index contributed by atoms with van der Waals surface area (Å²) in [5, 5.41) is -2.54. The molecule has 0 aliphatic carbocycles. The molecule has 0 rings (SSSR count). The van der Waals surface area contributed by atoms with Crippen molar-refractivity contribution < 1.29 is 12.8 Å². The van der Waals surface area contributed by atoms with Crippen LogP contribution in [-0.2, 0) is 10.0 Å². The smallest absolute Gasteiger partial charge is 0.215 e. The number of hydrogen-bond acceptors (Lipinski definition) is 2. The number of nitrogens with one attached hydrogen (secondary N) is 1. The van der Waals surface area contributed by atoms with Gasteiger partial charge in [-0.15, -0.1) is 0 Å². The van der Waals surface area contributed by atoms with Crippen molar-refractivity contribution >= 4 is 10.0 Å². The molecule has 3 nitrogen and oxygen atoms in total. The van der Waals surface area contributed by atoms with E-state index in [1.54, 1.807) is 20.8 Å². The van der Waals surface area contributed by atoms with Gasteiger partial charge in [0, 0.05) is 6.04 Å². The second-order valence-electron chi connectivity index (χ2n) is 3.70. The first-order valence-corrected chi connectivity index (χ1v) is 6.16. The van der Waals surface area contributed by atoms with Crippen LogP contribution >= 0.6 is 0 Å². The van der Waals surface area contributed by atoms with E-state index in [-0.39, 0.29) is 11.6 Å². The van der Waals surface area contributed by atoms with E-state index in [1.807, 2.05) is 0 Å². The van der Waals surface area contributed by atoms with Crippen LogP contribution in [0.25, 0.3) is 0 Å². The maximum absolute atomic E-state index is 14.2. The molecule has 0 aromatic heterocycles. The Morgan fingerprint density at radius 3 is 2.27 bits per heavy atom. The number of halogens is 1. The summed E-state index contributed by atoms with van der Waals surface area (Å²) in [4.78, 5) is 0. The van der Waals surface area contributed by atoms with Gasteiger partial charge >= 0.3 is 0 Å². The van der Waals surface area contributed by atoms with Crippen molar-refractivity contribution in [2.75, 3.05) is 0 Å². The van der Waals surface area contributed by atoms with Gasteiger partial charge in [0.2, 0.25) is 0 Å².